The number of methoxy groups -OCH3 is 2. The van der Waals surface area contributed by atoms with Crippen molar-refractivity contribution in [1.29, 1.82) is 5.26 Å². The molecule has 2 N–H and O–H groups in total. The Labute approximate surface area is 234 Å². The van der Waals surface area contributed by atoms with E-state index in [1.807, 2.05) is 38.1 Å². The first-order valence-electron chi connectivity index (χ1n) is 11.6. The van der Waals surface area contributed by atoms with Crippen LogP contribution in [-0.2, 0) is 14.3 Å². The first-order chi connectivity index (χ1) is 18.7. The number of nitrogens with one attached hydrogen (secondary N) is 2. The van der Waals surface area contributed by atoms with Crippen LogP contribution in [-0.4, -0.2) is 38.6 Å². The minimum Gasteiger partial charge on any atom is -0.493 e. The quantitative estimate of drug-likeness (QED) is 0.193. The largest absolute Gasteiger partial charge is 0.493 e. The van der Waals surface area contributed by atoms with Gasteiger partial charge in [-0.25, -0.2) is 4.79 Å². The molecule has 200 valence electrons. The number of rotatable bonds is 9. The van der Waals surface area contributed by atoms with Crippen LogP contribution < -0.4 is 20.1 Å². The summed E-state index contributed by atoms with van der Waals surface area (Å²) in [6.45, 7) is 3.62. The van der Waals surface area contributed by atoms with Crippen LogP contribution in [0.15, 0.2) is 64.6 Å². The van der Waals surface area contributed by atoms with Crippen LogP contribution in [0.4, 0.5) is 11.4 Å². The van der Waals surface area contributed by atoms with Crippen LogP contribution in [0.1, 0.15) is 27.0 Å². The van der Waals surface area contributed by atoms with E-state index >= 15 is 0 Å². The minimum atomic E-state index is -0.637. The van der Waals surface area contributed by atoms with E-state index in [-0.39, 0.29) is 18.1 Å². The molecule has 0 bridgehead atoms. The summed E-state index contributed by atoms with van der Waals surface area (Å²) >= 11 is 3.42. The molecule has 0 aliphatic carbocycles. The zero-order chi connectivity index (χ0) is 28.5. The summed E-state index contributed by atoms with van der Waals surface area (Å²) in [7, 11) is 2.71. The fraction of sp³-hybridized carbons (Fsp3) is 0.172. The van der Waals surface area contributed by atoms with Crippen molar-refractivity contribution in [3.05, 3.63) is 86.9 Å². The number of carbonyl (C=O) groups is 3. The van der Waals surface area contributed by atoms with Crippen LogP contribution in [0.5, 0.6) is 11.5 Å². The summed E-state index contributed by atoms with van der Waals surface area (Å²) in [6.07, 6.45) is 1.39. The predicted octanol–water partition coefficient (Wildman–Crippen LogP) is 5.42. The van der Waals surface area contributed by atoms with Gasteiger partial charge in [-0.1, -0.05) is 12.1 Å². The van der Waals surface area contributed by atoms with Gasteiger partial charge in [0.1, 0.15) is 11.6 Å². The molecule has 0 atom stereocenters. The molecule has 2 amide bonds. The molecule has 0 radical (unpaired) electrons. The third kappa shape index (κ3) is 7.46. The zero-order valence-electron chi connectivity index (χ0n) is 21.8. The molecule has 0 spiro atoms. The number of amides is 2. The van der Waals surface area contributed by atoms with Crippen molar-refractivity contribution in [3.63, 3.8) is 0 Å². The molecular weight excluding hydrogens is 566 g/mol. The van der Waals surface area contributed by atoms with Gasteiger partial charge in [-0.3, -0.25) is 9.59 Å². The van der Waals surface area contributed by atoms with Crippen LogP contribution >= 0.6 is 15.9 Å². The molecule has 3 aromatic rings. The summed E-state index contributed by atoms with van der Waals surface area (Å²) in [5.41, 5.74) is 3.78. The lowest BCUT2D eigenvalue weighted by Crippen LogP contribution is -2.21. The number of hydrogen-bond donors (Lipinski definition) is 2. The Morgan fingerprint density at radius 3 is 2.38 bits per heavy atom. The second kappa shape index (κ2) is 13.3. The summed E-state index contributed by atoms with van der Waals surface area (Å²) in [5, 5.41) is 15.0. The molecule has 0 saturated carbocycles. The van der Waals surface area contributed by atoms with Crippen LogP contribution in [0.2, 0.25) is 0 Å². The van der Waals surface area contributed by atoms with Crippen LogP contribution in [0.3, 0.4) is 0 Å². The predicted molar refractivity (Wildman–Crippen MR) is 151 cm³/mol. The van der Waals surface area contributed by atoms with E-state index in [0.29, 0.717) is 38.5 Å². The number of nitrogens with zero attached hydrogens (tertiary/aromatic N) is 1. The summed E-state index contributed by atoms with van der Waals surface area (Å²) in [6, 6.07) is 16.8. The number of anilines is 2. The Bertz CT molecular complexity index is 1480. The minimum absolute atomic E-state index is 0.164. The zero-order valence-corrected chi connectivity index (χ0v) is 23.3. The number of halogens is 1. The molecular formula is C29H26BrN3O6. The molecule has 0 aromatic heterocycles. The van der Waals surface area contributed by atoms with Crippen molar-refractivity contribution in [2.24, 2.45) is 0 Å². The molecule has 3 rings (SSSR count). The topological polar surface area (TPSA) is 127 Å². The van der Waals surface area contributed by atoms with Crippen molar-refractivity contribution < 1.29 is 28.6 Å². The fourth-order valence-electron chi connectivity index (χ4n) is 3.49. The highest BCUT2D eigenvalue weighted by Crippen LogP contribution is 2.37. The maximum Gasteiger partial charge on any atom is 0.337 e. The van der Waals surface area contributed by atoms with Crippen molar-refractivity contribution in [3.8, 4) is 17.6 Å². The number of ether oxygens (including phenoxy) is 3. The number of benzene rings is 3. The van der Waals surface area contributed by atoms with E-state index in [9.17, 15) is 19.6 Å². The van der Waals surface area contributed by atoms with Gasteiger partial charge < -0.3 is 24.8 Å². The van der Waals surface area contributed by atoms with Crippen LogP contribution in [0.25, 0.3) is 6.08 Å². The Morgan fingerprint density at radius 2 is 1.74 bits per heavy atom. The Hall–Kier alpha value is -4.62. The van der Waals surface area contributed by atoms with E-state index in [4.69, 9.17) is 9.47 Å². The Morgan fingerprint density at radius 1 is 1.03 bits per heavy atom. The Kier molecular flexibility index (Phi) is 9.84. The standard InChI is InChI=1S/C29H26BrN3O6/c1-17-6-5-7-24(18(17)2)33-26(34)16-39-27-23(30)13-19(14-25(27)37-3)12-21(15-31)28(35)32-22-10-8-20(9-11-22)29(36)38-4/h5-14H,16H2,1-4H3,(H,32,35)(H,33,34)/b21-12-. The lowest BCUT2D eigenvalue weighted by atomic mass is 10.1. The number of hydrogen-bond acceptors (Lipinski definition) is 7. The summed E-state index contributed by atoms with van der Waals surface area (Å²) in [5.74, 6) is -0.892. The lowest BCUT2D eigenvalue weighted by Gasteiger charge is -2.15. The van der Waals surface area contributed by atoms with E-state index < -0.39 is 11.9 Å². The fourth-order valence-corrected chi connectivity index (χ4v) is 4.07. The summed E-state index contributed by atoms with van der Waals surface area (Å²) in [4.78, 5) is 36.8. The molecule has 0 aliphatic heterocycles. The maximum atomic E-state index is 12.7. The third-order valence-electron chi connectivity index (χ3n) is 5.72. The summed E-state index contributed by atoms with van der Waals surface area (Å²) < 4.78 is 16.3. The average Bonchev–Trinajstić information content (AvgIpc) is 2.93. The first-order valence-corrected chi connectivity index (χ1v) is 12.4. The smallest absolute Gasteiger partial charge is 0.337 e. The second-order valence-corrected chi connectivity index (χ2v) is 9.17. The molecule has 39 heavy (non-hydrogen) atoms. The van der Waals surface area contributed by atoms with Gasteiger partial charge in [0, 0.05) is 11.4 Å². The SMILES string of the molecule is COC(=O)c1ccc(NC(=O)/C(C#N)=C\c2cc(Br)c(OCC(=O)Nc3cccc(C)c3C)c(OC)c2)cc1. The van der Waals surface area contributed by atoms with E-state index in [2.05, 4.69) is 31.3 Å². The molecule has 0 aliphatic rings. The number of nitriles is 1. The monoisotopic (exact) mass is 591 g/mol. The van der Waals surface area contributed by atoms with Gasteiger partial charge in [-0.05, 0) is 95.0 Å². The van der Waals surface area contributed by atoms with Gasteiger partial charge in [-0.15, -0.1) is 0 Å². The highest BCUT2D eigenvalue weighted by molar-refractivity contribution is 9.10. The van der Waals surface area contributed by atoms with Gasteiger partial charge in [0.2, 0.25) is 0 Å². The number of esters is 1. The molecule has 0 heterocycles. The van der Waals surface area contributed by atoms with Gasteiger partial charge >= 0.3 is 5.97 Å². The van der Waals surface area contributed by atoms with E-state index in [1.54, 1.807) is 12.1 Å². The van der Waals surface area contributed by atoms with Crippen molar-refractivity contribution in [2.45, 2.75) is 13.8 Å². The average molecular weight is 592 g/mol. The van der Waals surface area contributed by atoms with Gasteiger partial charge in [0.25, 0.3) is 11.8 Å². The molecule has 9 nitrogen and oxygen atoms in total. The Balaban J connectivity index is 1.73. The number of aryl methyl sites for hydroxylation is 1. The van der Waals surface area contributed by atoms with Gasteiger partial charge in [0.05, 0.1) is 24.3 Å². The number of carbonyl (C=O) groups excluding carboxylic acids is 3. The van der Waals surface area contributed by atoms with Gasteiger partial charge in [0.15, 0.2) is 18.1 Å². The second-order valence-electron chi connectivity index (χ2n) is 8.31. The van der Waals surface area contributed by atoms with Gasteiger partial charge in [-0.2, -0.15) is 5.26 Å². The third-order valence-corrected chi connectivity index (χ3v) is 6.31. The lowest BCUT2D eigenvalue weighted by molar-refractivity contribution is -0.118. The van der Waals surface area contributed by atoms with E-state index in [1.165, 1.54) is 44.6 Å². The van der Waals surface area contributed by atoms with Crippen molar-refractivity contribution in [1.82, 2.24) is 0 Å². The highest BCUT2D eigenvalue weighted by atomic mass is 79.9. The molecule has 3 aromatic carbocycles. The van der Waals surface area contributed by atoms with Crippen molar-refractivity contribution in [2.75, 3.05) is 31.5 Å². The van der Waals surface area contributed by atoms with E-state index in [0.717, 1.165) is 11.1 Å². The molecule has 10 heteroatoms. The molecule has 0 unspecified atom stereocenters. The van der Waals surface area contributed by atoms with Crippen LogP contribution in [0, 0.1) is 25.2 Å². The maximum absolute atomic E-state index is 12.7. The highest BCUT2D eigenvalue weighted by Gasteiger charge is 2.16. The van der Waals surface area contributed by atoms with Crippen molar-refractivity contribution >= 4 is 51.2 Å². The molecule has 0 fully saturated rings. The first kappa shape index (κ1) is 28.9. The normalized spacial score (nSPS) is 10.7. The molecule has 0 saturated heterocycles.